The van der Waals surface area contributed by atoms with Crippen LogP contribution in [-0.4, -0.2) is 0 Å². The van der Waals surface area contributed by atoms with Crippen molar-refractivity contribution in [3.05, 3.63) is 194 Å². The maximum absolute atomic E-state index is 2.53. The van der Waals surface area contributed by atoms with Gasteiger partial charge in [-0.3, -0.25) is 0 Å². The monoisotopic (exact) mass is 802 g/mol. The van der Waals surface area contributed by atoms with Crippen molar-refractivity contribution in [1.82, 2.24) is 0 Å². The van der Waals surface area contributed by atoms with Crippen molar-refractivity contribution in [3.8, 4) is 44.5 Å². The van der Waals surface area contributed by atoms with E-state index in [1.165, 1.54) is 116 Å². The SMILES string of the molecule is c1ccc2c(c1)Sc1ccccc1N2c1ccc(N(c2ccc(C34CC5CC(CC(C5)C3)C4)cc2)c2cccc3c2-c2ccccc2-c2ccccc2-c2ccccc2-3)cc1. The first-order valence-corrected chi connectivity index (χ1v) is 23.1. The quantitative estimate of drug-likeness (QED) is 0.171. The van der Waals surface area contributed by atoms with Gasteiger partial charge in [0.05, 0.1) is 17.1 Å². The fourth-order valence-corrected chi connectivity index (χ4v) is 13.7. The highest BCUT2D eigenvalue weighted by Crippen LogP contribution is 2.61. The molecule has 4 bridgehead atoms. The summed E-state index contributed by atoms with van der Waals surface area (Å²) in [5, 5.41) is 0. The minimum atomic E-state index is 0.344. The van der Waals surface area contributed by atoms with E-state index in [0.717, 1.165) is 29.1 Å². The van der Waals surface area contributed by atoms with Gasteiger partial charge in [-0.1, -0.05) is 133 Å². The van der Waals surface area contributed by atoms with Gasteiger partial charge in [0.2, 0.25) is 0 Å². The van der Waals surface area contributed by atoms with Gasteiger partial charge in [0.15, 0.2) is 0 Å². The van der Waals surface area contributed by atoms with Gasteiger partial charge < -0.3 is 9.80 Å². The van der Waals surface area contributed by atoms with E-state index < -0.39 is 0 Å². The summed E-state index contributed by atoms with van der Waals surface area (Å²) in [5.41, 5.74) is 19.1. The highest BCUT2D eigenvalue weighted by molar-refractivity contribution is 7.99. The minimum absolute atomic E-state index is 0.344. The van der Waals surface area contributed by atoms with Crippen molar-refractivity contribution in [2.75, 3.05) is 9.80 Å². The van der Waals surface area contributed by atoms with E-state index in [4.69, 9.17) is 0 Å². The standard InChI is InChI=1S/C58H46N2S/c1-2-13-46-45(12-1)47-14-3-4-15-49(47)51-18-11-21-54(57(51)50-17-6-5-16-48(46)50)59(42-26-24-41(25-27-42)58-35-38-32-39(36-58)34-40(33-38)37-58)43-28-30-44(31-29-43)60-52-19-7-9-22-55(52)61-56-23-10-8-20-53(56)60/h1-31,38-40H,32-37H2. The molecule has 0 N–H and O–H groups in total. The van der Waals surface area contributed by atoms with E-state index >= 15 is 0 Å². The number of nitrogens with zero attached hydrogens (tertiary/aromatic N) is 2. The first kappa shape index (κ1) is 35.5. The molecule has 294 valence electrons. The average Bonchev–Trinajstić information content (AvgIpc) is 3.30. The molecule has 8 aromatic rings. The zero-order valence-corrected chi connectivity index (χ0v) is 35.0. The molecule has 2 nitrogen and oxygen atoms in total. The summed E-state index contributed by atoms with van der Waals surface area (Å²) in [5.74, 6) is 2.74. The summed E-state index contributed by atoms with van der Waals surface area (Å²) in [4.78, 5) is 7.51. The number of anilines is 6. The zero-order valence-electron chi connectivity index (χ0n) is 34.2. The summed E-state index contributed by atoms with van der Waals surface area (Å²) >= 11 is 1.85. The second-order valence-electron chi connectivity index (χ2n) is 18.3. The van der Waals surface area contributed by atoms with Crippen LogP contribution in [0, 0.1) is 17.8 Å². The van der Waals surface area contributed by atoms with Crippen molar-refractivity contribution in [2.24, 2.45) is 17.8 Å². The Labute approximate surface area is 363 Å². The molecule has 1 aliphatic heterocycles. The molecule has 4 fully saturated rings. The summed E-state index contributed by atoms with van der Waals surface area (Å²) in [6.45, 7) is 0. The summed E-state index contributed by atoms with van der Waals surface area (Å²) in [6.07, 6.45) is 8.49. The molecule has 6 aliphatic rings. The lowest BCUT2D eigenvalue weighted by Gasteiger charge is -2.57. The van der Waals surface area contributed by atoms with Crippen LogP contribution < -0.4 is 9.80 Å². The van der Waals surface area contributed by atoms with Crippen LogP contribution in [0.1, 0.15) is 44.1 Å². The molecule has 0 spiro atoms. The number of para-hydroxylation sites is 2. The van der Waals surface area contributed by atoms with Crippen molar-refractivity contribution in [3.63, 3.8) is 0 Å². The molecule has 4 saturated carbocycles. The summed E-state index contributed by atoms with van der Waals surface area (Å²) in [7, 11) is 0. The Kier molecular flexibility index (Phi) is 8.07. The first-order chi connectivity index (χ1) is 30.2. The summed E-state index contributed by atoms with van der Waals surface area (Å²) < 4.78 is 0. The van der Waals surface area contributed by atoms with Crippen molar-refractivity contribution >= 4 is 45.9 Å². The van der Waals surface area contributed by atoms with Gasteiger partial charge in [0, 0.05) is 32.4 Å². The Balaban J connectivity index is 1.01. The van der Waals surface area contributed by atoms with Gasteiger partial charge in [-0.15, -0.1) is 0 Å². The van der Waals surface area contributed by atoms with Gasteiger partial charge >= 0.3 is 0 Å². The Bertz CT molecular complexity index is 2910. The molecule has 1 heterocycles. The number of benzene rings is 8. The molecule has 3 heteroatoms. The fourth-order valence-electron chi connectivity index (χ4n) is 12.7. The molecule has 0 saturated heterocycles. The molecule has 5 aliphatic carbocycles. The van der Waals surface area contributed by atoms with Gasteiger partial charge in [0.25, 0.3) is 0 Å². The molecule has 0 amide bonds. The Morgan fingerprint density at radius 2 is 0.836 bits per heavy atom. The molecule has 0 aromatic heterocycles. The van der Waals surface area contributed by atoms with Gasteiger partial charge in [-0.05, 0) is 173 Å². The number of hydrogen-bond donors (Lipinski definition) is 0. The third-order valence-electron chi connectivity index (χ3n) is 14.8. The molecule has 8 aromatic carbocycles. The van der Waals surface area contributed by atoms with Gasteiger partial charge in [0.1, 0.15) is 0 Å². The normalized spacial score (nSPS) is 21.2. The van der Waals surface area contributed by atoms with E-state index in [9.17, 15) is 0 Å². The third kappa shape index (κ3) is 5.63. The maximum atomic E-state index is 2.53. The predicted molar refractivity (Wildman–Crippen MR) is 255 cm³/mol. The van der Waals surface area contributed by atoms with E-state index in [-0.39, 0.29) is 0 Å². The first-order valence-electron chi connectivity index (χ1n) is 22.3. The smallest absolute Gasteiger partial charge is 0.0601 e. The Morgan fingerprint density at radius 3 is 1.38 bits per heavy atom. The van der Waals surface area contributed by atoms with Crippen LogP contribution in [0.25, 0.3) is 44.5 Å². The predicted octanol–water partition coefficient (Wildman–Crippen LogP) is 16.5. The Morgan fingerprint density at radius 1 is 0.410 bits per heavy atom. The van der Waals surface area contributed by atoms with Gasteiger partial charge in [-0.2, -0.15) is 0 Å². The lowest BCUT2D eigenvalue weighted by molar-refractivity contribution is -0.00518. The lowest BCUT2D eigenvalue weighted by Crippen LogP contribution is -2.48. The third-order valence-corrected chi connectivity index (χ3v) is 15.9. The van der Waals surface area contributed by atoms with E-state index in [1.807, 2.05) is 11.8 Å². The van der Waals surface area contributed by atoms with Crippen LogP contribution >= 0.6 is 11.8 Å². The van der Waals surface area contributed by atoms with Crippen LogP contribution in [0.3, 0.4) is 0 Å². The van der Waals surface area contributed by atoms with Crippen LogP contribution in [0.2, 0.25) is 0 Å². The lowest BCUT2D eigenvalue weighted by atomic mass is 9.48. The largest absolute Gasteiger partial charge is 0.310 e. The van der Waals surface area contributed by atoms with Crippen LogP contribution in [0.5, 0.6) is 0 Å². The van der Waals surface area contributed by atoms with E-state index in [1.54, 1.807) is 5.56 Å². The van der Waals surface area contributed by atoms with Gasteiger partial charge in [-0.25, -0.2) is 0 Å². The number of hydrogen-bond acceptors (Lipinski definition) is 3. The fraction of sp³-hybridized carbons (Fsp3) is 0.172. The molecule has 0 radical (unpaired) electrons. The molecule has 0 unspecified atom stereocenters. The average molecular weight is 803 g/mol. The highest BCUT2D eigenvalue weighted by Gasteiger charge is 2.51. The molecular weight excluding hydrogens is 757 g/mol. The van der Waals surface area contributed by atoms with Crippen LogP contribution in [0.15, 0.2) is 198 Å². The Hall–Kier alpha value is -6.29. The topological polar surface area (TPSA) is 6.48 Å². The molecular formula is C58H46N2S. The van der Waals surface area contributed by atoms with Crippen molar-refractivity contribution in [1.29, 1.82) is 0 Å². The number of rotatable bonds is 5. The van der Waals surface area contributed by atoms with Crippen molar-refractivity contribution < 1.29 is 0 Å². The van der Waals surface area contributed by atoms with Crippen LogP contribution in [-0.2, 0) is 5.41 Å². The van der Waals surface area contributed by atoms with E-state index in [0.29, 0.717) is 5.41 Å². The number of fused-ring (bicyclic) bond motifs is 10. The molecule has 0 atom stereocenters. The molecule has 14 rings (SSSR count). The molecule has 61 heavy (non-hydrogen) atoms. The van der Waals surface area contributed by atoms with Crippen molar-refractivity contribution in [2.45, 2.75) is 53.7 Å². The minimum Gasteiger partial charge on any atom is -0.310 e. The van der Waals surface area contributed by atoms with Crippen LogP contribution in [0.4, 0.5) is 34.1 Å². The second kappa shape index (κ2) is 13.9. The summed E-state index contributed by atoms with van der Waals surface area (Å²) in [6, 6.07) is 70.7. The maximum Gasteiger partial charge on any atom is 0.0601 e. The zero-order chi connectivity index (χ0) is 40.1. The second-order valence-corrected chi connectivity index (χ2v) is 19.4. The van der Waals surface area contributed by atoms with E-state index in [2.05, 4.69) is 198 Å². The highest BCUT2D eigenvalue weighted by atomic mass is 32.2.